The van der Waals surface area contributed by atoms with E-state index >= 15 is 0 Å². The lowest BCUT2D eigenvalue weighted by atomic mass is 10.2. The van der Waals surface area contributed by atoms with Crippen molar-refractivity contribution in [1.82, 2.24) is 10.3 Å². The number of thioether (sulfide) groups is 1. The number of nitrogens with zero attached hydrogens (tertiary/aromatic N) is 2. The molecule has 1 aliphatic rings. The van der Waals surface area contributed by atoms with Crippen molar-refractivity contribution in [1.29, 1.82) is 0 Å². The second kappa shape index (κ2) is 6.46. The smallest absolute Gasteiger partial charge is 0.185 e. The van der Waals surface area contributed by atoms with Crippen LogP contribution in [0.5, 0.6) is 0 Å². The average molecular weight is 300 g/mol. The van der Waals surface area contributed by atoms with Crippen LogP contribution in [0.25, 0.3) is 0 Å². The summed E-state index contributed by atoms with van der Waals surface area (Å²) in [6, 6.07) is 0.408. The van der Waals surface area contributed by atoms with Crippen molar-refractivity contribution in [2.75, 3.05) is 24.5 Å². The van der Waals surface area contributed by atoms with E-state index in [1.165, 1.54) is 15.7 Å². The molecule has 1 N–H and O–H groups in total. The molecule has 1 fully saturated rings. The molecule has 2 heterocycles. The van der Waals surface area contributed by atoms with Gasteiger partial charge in [0.05, 0.1) is 5.69 Å². The second-order valence-corrected chi connectivity index (χ2v) is 8.28. The van der Waals surface area contributed by atoms with Gasteiger partial charge in [0, 0.05) is 34.5 Å². The van der Waals surface area contributed by atoms with Gasteiger partial charge in [0.1, 0.15) is 0 Å². The van der Waals surface area contributed by atoms with Crippen molar-refractivity contribution in [2.45, 2.75) is 51.2 Å². The lowest BCUT2D eigenvalue weighted by molar-refractivity contribution is 0.603. The van der Waals surface area contributed by atoms with Gasteiger partial charge in [0.25, 0.3) is 0 Å². The Labute approximate surface area is 125 Å². The quantitative estimate of drug-likeness (QED) is 0.921. The summed E-state index contributed by atoms with van der Waals surface area (Å²) in [5.74, 6) is 0. The van der Waals surface area contributed by atoms with Crippen LogP contribution in [-0.4, -0.2) is 35.1 Å². The first-order chi connectivity index (χ1) is 9.01. The molecule has 3 unspecified atom stereocenters. The van der Waals surface area contributed by atoms with Crippen molar-refractivity contribution in [3.05, 3.63) is 10.6 Å². The number of anilines is 1. The highest BCUT2D eigenvalue weighted by Gasteiger charge is 2.25. The Bertz CT molecular complexity index is 409. The molecule has 19 heavy (non-hydrogen) atoms. The summed E-state index contributed by atoms with van der Waals surface area (Å²) in [6.07, 6.45) is 0. The van der Waals surface area contributed by atoms with Gasteiger partial charge < -0.3 is 10.2 Å². The van der Waals surface area contributed by atoms with Gasteiger partial charge in [-0.25, -0.2) is 4.98 Å². The number of nitrogens with one attached hydrogen (secondary N) is 1. The van der Waals surface area contributed by atoms with Gasteiger partial charge in [-0.1, -0.05) is 20.8 Å². The normalized spacial score (nSPS) is 25.6. The summed E-state index contributed by atoms with van der Waals surface area (Å²) in [5.41, 5.74) is 1.19. The van der Waals surface area contributed by atoms with Crippen LogP contribution in [0.15, 0.2) is 0 Å². The highest BCUT2D eigenvalue weighted by molar-refractivity contribution is 8.00. The fourth-order valence-electron chi connectivity index (χ4n) is 2.66. The number of rotatable bonds is 4. The van der Waals surface area contributed by atoms with E-state index in [1.807, 2.05) is 11.3 Å². The molecule has 0 amide bonds. The topological polar surface area (TPSA) is 28.2 Å². The summed E-state index contributed by atoms with van der Waals surface area (Å²) in [7, 11) is 0. The van der Waals surface area contributed by atoms with Crippen LogP contribution in [-0.2, 0) is 0 Å². The molecule has 1 aliphatic heterocycles. The molecule has 1 saturated heterocycles. The standard InChI is InChI=1S/C14H25N3S2/c1-6-15-11(4)13-12(5)16-14(19-13)17-7-9(2)18-10(3)8-17/h9-11,15H,6-8H2,1-5H3. The Morgan fingerprint density at radius 3 is 2.58 bits per heavy atom. The van der Waals surface area contributed by atoms with Crippen LogP contribution in [0.2, 0.25) is 0 Å². The van der Waals surface area contributed by atoms with Gasteiger partial charge in [-0.2, -0.15) is 11.8 Å². The molecular weight excluding hydrogens is 274 g/mol. The van der Waals surface area contributed by atoms with Gasteiger partial charge in [0.15, 0.2) is 5.13 Å². The average Bonchev–Trinajstić information content (AvgIpc) is 2.70. The Morgan fingerprint density at radius 2 is 2.00 bits per heavy atom. The molecule has 1 aromatic rings. The largest absolute Gasteiger partial charge is 0.346 e. The highest BCUT2D eigenvalue weighted by Crippen LogP contribution is 2.34. The van der Waals surface area contributed by atoms with E-state index in [-0.39, 0.29) is 0 Å². The van der Waals surface area contributed by atoms with Crippen LogP contribution < -0.4 is 10.2 Å². The first kappa shape index (κ1) is 15.1. The van der Waals surface area contributed by atoms with Crippen molar-refractivity contribution < 1.29 is 0 Å². The third-order valence-corrected chi connectivity index (χ3v) is 6.04. The molecule has 0 aliphatic carbocycles. The van der Waals surface area contributed by atoms with Crippen LogP contribution in [0.1, 0.15) is 44.3 Å². The second-order valence-electron chi connectivity index (χ2n) is 5.39. The van der Waals surface area contributed by atoms with E-state index < -0.39 is 0 Å². The van der Waals surface area contributed by atoms with Gasteiger partial charge in [-0.05, 0) is 20.4 Å². The fourth-order valence-corrected chi connectivity index (χ4v) is 5.10. The molecule has 0 bridgehead atoms. The molecule has 2 rings (SSSR count). The Hall–Kier alpha value is -0.260. The third kappa shape index (κ3) is 3.64. The first-order valence-corrected chi connectivity index (χ1v) is 8.88. The first-order valence-electron chi connectivity index (χ1n) is 7.12. The molecule has 1 aromatic heterocycles. The molecule has 0 aromatic carbocycles. The van der Waals surface area contributed by atoms with Gasteiger partial charge in [0.2, 0.25) is 0 Å². The minimum Gasteiger partial charge on any atom is -0.346 e. The predicted molar refractivity (Wildman–Crippen MR) is 87.7 cm³/mol. The SMILES string of the molecule is CCNC(C)c1sc(N2CC(C)SC(C)C2)nc1C. The number of hydrogen-bond donors (Lipinski definition) is 1. The van der Waals surface area contributed by atoms with Gasteiger partial charge >= 0.3 is 0 Å². The Morgan fingerprint density at radius 1 is 1.37 bits per heavy atom. The third-order valence-electron chi connectivity index (χ3n) is 3.41. The minimum atomic E-state index is 0.408. The summed E-state index contributed by atoms with van der Waals surface area (Å²) in [4.78, 5) is 8.65. The fraction of sp³-hybridized carbons (Fsp3) is 0.786. The van der Waals surface area contributed by atoms with E-state index in [2.05, 4.69) is 56.6 Å². The summed E-state index contributed by atoms with van der Waals surface area (Å²) in [5, 5.41) is 6.08. The van der Waals surface area contributed by atoms with Gasteiger partial charge in [-0.15, -0.1) is 11.3 Å². The van der Waals surface area contributed by atoms with Crippen molar-refractivity contribution in [3.8, 4) is 0 Å². The van der Waals surface area contributed by atoms with Crippen molar-refractivity contribution in [2.24, 2.45) is 0 Å². The maximum Gasteiger partial charge on any atom is 0.185 e. The Balaban J connectivity index is 2.15. The van der Waals surface area contributed by atoms with Crippen LogP contribution >= 0.6 is 23.1 Å². The molecule has 5 heteroatoms. The molecule has 0 saturated carbocycles. The number of aryl methyl sites for hydroxylation is 1. The number of hydrogen-bond acceptors (Lipinski definition) is 5. The molecule has 0 spiro atoms. The Kier molecular flexibility index (Phi) is 5.15. The molecule has 0 radical (unpaired) electrons. The molecular formula is C14H25N3S2. The van der Waals surface area contributed by atoms with Crippen LogP contribution in [0.3, 0.4) is 0 Å². The maximum atomic E-state index is 4.80. The van der Waals surface area contributed by atoms with E-state index in [9.17, 15) is 0 Å². The summed E-state index contributed by atoms with van der Waals surface area (Å²) in [6.45, 7) is 14.4. The number of thiazole rings is 1. The number of aromatic nitrogens is 1. The van der Waals surface area contributed by atoms with E-state index in [1.54, 1.807) is 0 Å². The monoisotopic (exact) mass is 299 g/mol. The maximum absolute atomic E-state index is 4.80. The predicted octanol–water partition coefficient (Wildman–Crippen LogP) is 3.45. The van der Waals surface area contributed by atoms with E-state index in [0.717, 1.165) is 19.6 Å². The zero-order chi connectivity index (χ0) is 14.0. The summed E-state index contributed by atoms with van der Waals surface area (Å²) < 4.78 is 0. The van der Waals surface area contributed by atoms with Crippen molar-refractivity contribution in [3.63, 3.8) is 0 Å². The minimum absolute atomic E-state index is 0.408. The molecule has 108 valence electrons. The van der Waals surface area contributed by atoms with Crippen LogP contribution in [0.4, 0.5) is 5.13 Å². The lowest BCUT2D eigenvalue weighted by Crippen LogP contribution is -2.40. The van der Waals surface area contributed by atoms with Crippen LogP contribution in [0, 0.1) is 6.92 Å². The van der Waals surface area contributed by atoms with Crippen molar-refractivity contribution >= 4 is 28.2 Å². The zero-order valence-electron chi connectivity index (χ0n) is 12.6. The zero-order valence-corrected chi connectivity index (χ0v) is 14.2. The summed E-state index contributed by atoms with van der Waals surface area (Å²) >= 11 is 3.95. The highest BCUT2D eigenvalue weighted by atomic mass is 32.2. The van der Waals surface area contributed by atoms with Gasteiger partial charge in [-0.3, -0.25) is 0 Å². The molecule has 3 nitrogen and oxygen atoms in total. The van der Waals surface area contributed by atoms with E-state index in [0.29, 0.717) is 16.5 Å². The lowest BCUT2D eigenvalue weighted by Gasteiger charge is -2.34. The van der Waals surface area contributed by atoms with E-state index in [4.69, 9.17) is 4.98 Å². The molecule has 3 atom stereocenters.